The van der Waals surface area contributed by atoms with Crippen molar-refractivity contribution in [1.82, 2.24) is 4.98 Å². The lowest BCUT2D eigenvalue weighted by molar-refractivity contribution is 0.497. The van der Waals surface area contributed by atoms with Crippen molar-refractivity contribution in [1.29, 1.82) is 0 Å². The third-order valence-electron chi connectivity index (χ3n) is 0.806. The van der Waals surface area contributed by atoms with Crippen LogP contribution in [0.1, 0.15) is 5.01 Å². The molecule has 0 spiro atoms. The molecule has 9 heavy (non-hydrogen) atoms. The van der Waals surface area contributed by atoms with Crippen molar-refractivity contribution in [3.8, 4) is 0 Å². The number of hydrogen-bond donors (Lipinski definition) is 2. The van der Waals surface area contributed by atoms with Crippen molar-refractivity contribution in [3.63, 3.8) is 0 Å². The van der Waals surface area contributed by atoms with E-state index in [-0.39, 0.29) is 0 Å². The molecule has 3 nitrogen and oxygen atoms in total. The molecular formula is C4H6NO2PS. The van der Waals surface area contributed by atoms with Crippen LogP contribution < -0.4 is 4.62 Å². The van der Waals surface area contributed by atoms with Crippen LogP contribution in [0.3, 0.4) is 0 Å². The summed E-state index contributed by atoms with van der Waals surface area (Å²) >= 11 is 1.31. The highest BCUT2D eigenvalue weighted by Crippen LogP contribution is 2.24. The fourth-order valence-electron chi connectivity index (χ4n) is 0.443. The number of nitrogens with zero attached hydrogens (tertiary/aromatic N) is 1. The van der Waals surface area contributed by atoms with Gasteiger partial charge >= 0.3 is 0 Å². The molecule has 0 radical (unpaired) electrons. The Labute approximate surface area is 57.9 Å². The molecule has 1 rings (SSSR count). The van der Waals surface area contributed by atoms with Crippen molar-refractivity contribution in [2.45, 2.75) is 6.92 Å². The van der Waals surface area contributed by atoms with E-state index >= 15 is 0 Å². The van der Waals surface area contributed by atoms with Gasteiger partial charge in [0, 0.05) is 0 Å². The summed E-state index contributed by atoms with van der Waals surface area (Å²) in [4.78, 5) is 21.1. The van der Waals surface area contributed by atoms with Gasteiger partial charge in [-0.1, -0.05) is 0 Å². The molecule has 5 heteroatoms. The molecule has 0 bridgehead atoms. The fourth-order valence-corrected chi connectivity index (χ4v) is 1.84. The van der Waals surface area contributed by atoms with Crippen LogP contribution in [0.5, 0.6) is 0 Å². The standard InChI is InChI=1S/C4H6NO2PS/c1-3-5-2-4(9-3)8(6)7/h2,6-7H,1H3. The fraction of sp³-hybridized carbons (Fsp3) is 0.250. The van der Waals surface area contributed by atoms with Gasteiger partial charge in [0.1, 0.15) is 4.62 Å². The van der Waals surface area contributed by atoms with Gasteiger partial charge in [0.2, 0.25) is 8.38 Å². The van der Waals surface area contributed by atoms with Crippen LogP contribution in [0.2, 0.25) is 0 Å². The highest BCUT2D eigenvalue weighted by atomic mass is 32.1. The molecule has 0 unspecified atom stereocenters. The molecule has 1 aromatic rings. The molecule has 0 saturated heterocycles. The van der Waals surface area contributed by atoms with Crippen LogP contribution in [0.4, 0.5) is 0 Å². The van der Waals surface area contributed by atoms with Crippen LogP contribution in [0.25, 0.3) is 0 Å². The van der Waals surface area contributed by atoms with E-state index in [1.54, 1.807) is 0 Å². The van der Waals surface area contributed by atoms with E-state index in [0.29, 0.717) is 4.62 Å². The molecule has 50 valence electrons. The Morgan fingerprint density at radius 2 is 2.33 bits per heavy atom. The minimum Gasteiger partial charge on any atom is -0.346 e. The molecule has 0 aromatic carbocycles. The second-order valence-corrected chi connectivity index (χ2v) is 4.10. The molecular weight excluding hydrogens is 157 g/mol. The first kappa shape index (κ1) is 7.09. The molecule has 0 aliphatic carbocycles. The molecule has 2 N–H and O–H groups in total. The highest BCUT2D eigenvalue weighted by Gasteiger charge is 2.05. The maximum absolute atomic E-state index is 8.63. The molecule has 1 aromatic heterocycles. The predicted molar refractivity (Wildman–Crippen MR) is 37.8 cm³/mol. The lowest BCUT2D eigenvalue weighted by atomic mass is 10.8. The Morgan fingerprint density at radius 3 is 2.56 bits per heavy atom. The molecule has 0 amide bonds. The quantitative estimate of drug-likeness (QED) is 0.588. The van der Waals surface area contributed by atoms with Crippen LogP contribution in [0, 0.1) is 6.92 Å². The maximum atomic E-state index is 8.63. The summed E-state index contributed by atoms with van der Waals surface area (Å²) in [6, 6.07) is 0. The predicted octanol–water partition coefficient (Wildman–Crippen LogP) is 0.373. The van der Waals surface area contributed by atoms with E-state index in [1.807, 2.05) is 6.92 Å². The zero-order chi connectivity index (χ0) is 6.85. The second kappa shape index (κ2) is 2.71. The number of hydrogen-bond acceptors (Lipinski definition) is 4. The van der Waals surface area contributed by atoms with Gasteiger partial charge in [-0.3, -0.25) is 0 Å². The van der Waals surface area contributed by atoms with Crippen molar-refractivity contribution in [2.24, 2.45) is 0 Å². The summed E-state index contributed by atoms with van der Waals surface area (Å²) < 4.78 is 0.558. The minimum absolute atomic E-state index is 0.558. The second-order valence-electron chi connectivity index (χ2n) is 1.51. The van der Waals surface area contributed by atoms with Gasteiger partial charge in [0.15, 0.2) is 0 Å². The van der Waals surface area contributed by atoms with Gasteiger partial charge in [0.05, 0.1) is 11.2 Å². The lowest BCUT2D eigenvalue weighted by Gasteiger charge is -1.91. The first-order valence-corrected chi connectivity index (χ1v) is 4.37. The van der Waals surface area contributed by atoms with Gasteiger partial charge in [0.25, 0.3) is 0 Å². The smallest absolute Gasteiger partial charge is 0.212 e. The normalized spacial score (nSPS) is 10.7. The molecule has 0 saturated carbocycles. The number of aryl methyl sites for hydroxylation is 1. The summed E-state index contributed by atoms with van der Waals surface area (Å²) in [5.41, 5.74) is 0. The SMILES string of the molecule is Cc1ncc(P(O)O)s1. The first-order chi connectivity index (χ1) is 4.20. The number of rotatable bonds is 1. The number of thiazole rings is 1. The van der Waals surface area contributed by atoms with E-state index < -0.39 is 8.38 Å². The summed E-state index contributed by atoms with van der Waals surface area (Å²) in [6.45, 7) is 1.83. The van der Waals surface area contributed by atoms with Crippen molar-refractivity contribution in [2.75, 3.05) is 0 Å². The van der Waals surface area contributed by atoms with Gasteiger partial charge in [-0.2, -0.15) is 0 Å². The summed E-state index contributed by atoms with van der Waals surface area (Å²) in [5.74, 6) is 0. The average Bonchev–Trinajstić information content (AvgIpc) is 2.14. The average molecular weight is 163 g/mol. The highest BCUT2D eigenvalue weighted by molar-refractivity contribution is 7.62. The summed E-state index contributed by atoms with van der Waals surface area (Å²) in [5, 5.41) is 0.862. The van der Waals surface area contributed by atoms with E-state index in [0.717, 1.165) is 5.01 Å². The monoisotopic (exact) mass is 163 g/mol. The van der Waals surface area contributed by atoms with Crippen LogP contribution in [0.15, 0.2) is 6.20 Å². The third-order valence-corrected chi connectivity index (χ3v) is 2.80. The van der Waals surface area contributed by atoms with Crippen LogP contribution >= 0.6 is 19.7 Å². The van der Waals surface area contributed by atoms with E-state index in [9.17, 15) is 0 Å². The topological polar surface area (TPSA) is 53.4 Å². The van der Waals surface area contributed by atoms with Crippen molar-refractivity contribution >= 4 is 24.3 Å². The Morgan fingerprint density at radius 1 is 1.67 bits per heavy atom. The number of aromatic nitrogens is 1. The largest absolute Gasteiger partial charge is 0.346 e. The molecule has 0 aliphatic heterocycles. The Kier molecular flexibility index (Phi) is 2.13. The molecule has 0 atom stereocenters. The van der Waals surface area contributed by atoms with Crippen LogP contribution in [-0.4, -0.2) is 14.8 Å². The summed E-state index contributed by atoms with van der Waals surface area (Å²) in [6.07, 6.45) is 1.49. The molecule has 0 aliphatic rings. The zero-order valence-electron chi connectivity index (χ0n) is 4.77. The summed E-state index contributed by atoms with van der Waals surface area (Å²) in [7, 11) is -1.92. The zero-order valence-corrected chi connectivity index (χ0v) is 6.49. The Bertz CT molecular complexity index is 200. The van der Waals surface area contributed by atoms with E-state index in [2.05, 4.69) is 4.98 Å². The first-order valence-electron chi connectivity index (χ1n) is 2.30. The van der Waals surface area contributed by atoms with Gasteiger partial charge in [-0.05, 0) is 6.92 Å². The molecule has 0 fully saturated rings. The van der Waals surface area contributed by atoms with Crippen molar-refractivity contribution < 1.29 is 9.79 Å². The Balaban J connectivity index is 2.85. The lowest BCUT2D eigenvalue weighted by Crippen LogP contribution is -1.89. The Hall–Kier alpha value is -0.0200. The van der Waals surface area contributed by atoms with E-state index in [1.165, 1.54) is 17.5 Å². The third kappa shape index (κ3) is 1.69. The van der Waals surface area contributed by atoms with Gasteiger partial charge < -0.3 is 9.79 Å². The maximum Gasteiger partial charge on any atom is 0.212 e. The molecule has 1 heterocycles. The van der Waals surface area contributed by atoms with Crippen LogP contribution in [-0.2, 0) is 0 Å². The van der Waals surface area contributed by atoms with E-state index in [4.69, 9.17) is 9.79 Å². The van der Waals surface area contributed by atoms with Crippen molar-refractivity contribution in [3.05, 3.63) is 11.2 Å². The van der Waals surface area contributed by atoms with Gasteiger partial charge in [-0.15, -0.1) is 11.3 Å². The minimum atomic E-state index is -1.92. The van der Waals surface area contributed by atoms with Gasteiger partial charge in [-0.25, -0.2) is 4.98 Å².